The summed E-state index contributed by atoms with van der Waals surface area (Å²) < 4.78 is 10.2. The van der Waals surface area contributed by atoms with E-state index < -0.39 is 0 Å². The average molecular weight is 211 g/mol. The molecule has 1 aliphatic rings. The highest BCUT2D eigenvalue weighted by atomic mass is 16.5. The minimum absolute atomic E-state index is 0.272. The summed E-state index contributed by atoms with van der Waals surface area (Å²) in [6, 6.07) is 0.272. The first-order chi connectivity index (χ1) is 7.40. The van der Waals surface area contributed by atoms with Crippen molar-refractivity contribution in [3.05, 3.63) is 11.7 Å². The molecule has 84 valence electrons. The van der Waals surface area contributed by atoms with Gasteiger partial charge in [-0.15, -0.1) is 0 Å². The Hall–Kier alpha value is -0.940. The summed E-state index contributed by atoms with van der Waals surface area (Å²) in [6.07, 6.45) is 4.05. The van der Waals surface area contributed by atoms with E-state index in [0.29, 0.717) is 0 Å². The molecule has 0 saturated carbocycles. The number of hydrogen-bond acceptors (Lipinski definition) is 5. The van der Waals surface area contributed by atoms with Crippen molar-refractivity contribution in [1.29, 1.82) is 0 Å². The van der Waals surface area contributed by atoms with Crippen LogP contribution >= 0.6 is 0 Å². The fourth-order valence-corrected chi connectivity index (χ4v) is 1.78. The molecule has 0 bridgehead atoms. The Morgan fingerprint density at radius 3 is 3.27 bits per heavy atom. The van der Waals surface area contributed by atoms with Crippen LogP contribution in [-0.4, -0.2) is 30.4 Å². The molecule has 1 aromatic rings. The second kappa shape index (κ2) is 5.23. The van der Waals surface area contributed by atoms with Crippen LogP contribution in [0.2, 0.25) is 0 Å². The summed E-state index contributed by atoms with van der Waals surface area (Å²) in [4.78, 5) is 4.37. The van der Waals surface area contributed by atoms with Crippen molar-refractivity contribution >= 4 is 0 Å². The lowest BCUT2D eigenvalue weighted by molar-refractivity contribution is 0.194. The minimum atomic E-state index is 0.272. The zero-order chi connectivity index (χ0) is 10.5. The number of nitrogens with one attached hydrogen (secondary N) is 1. The summed E-state index contributed by atoms with van der Waals surface area (Å²) in [6.45, 7) is 1.79. The third kappa shape index (κ3) is 2.76. The minimum Gasteiger partial charge on any atom is -0.385 e. The van der Waals surface area contributed by atoms with Gasteiger partial charge in [-0.3, -0.25) is 0 Å². The van der Waals surface area contributed by atoms with E-state index >= 15 is 0 Å². The Balaban J connectivity index is 1.86. The molecule has 0 spiro atoms. The maximum absolute atomic E-state index is 5.21. The van der Waals surface area contributed by atoms with Crippen molar-refractivity contribution in [2.75, 3.05) is 20.3 Å². The first-order valence-electron chi connectivity index (χ1n) is 5.45. The van der Waals surface area contributed by atoms with E-state index in [1.807, 2.05) is 0 Å². The molecule has 2 heterocycles. The Kier molecular flexibility index (Phi) is 3.69. The molecule has 1 fully saturated rings. The van der Waals surface area contributed by atoms with E-state index in [-0.39, 0.29) is 6.04 Å². The van der Waals surface area contributed by atoms with E-state index in [1.165, 1.54) is 6.42 Å². The van der Waals surface area contributed by atoms with E-state index in [9.17, 15) is 0 Å². The van der Waals surface area contributed by atoms with Gasteiger partial charge >= 0.3 is 0 Å². The molecule has 0 aromatic carbocycles. The number of rotatable bonds is 5. The number of methoxy groups -OCH3 is 1. The van der Waals surface area contributed by atoms with Crippen molar-refractivity contribution in [2.45, 2.75) is 31.7 Å². The molecule has 0 radical (unpaired) electrons. The zero-order valence-corrected chi connectivity index (χ0v) is 9.03. The van der Waals surface area contributed by atoms with Crippen LogP contribution in [0, 0.1) is 0 Å². The highest BCUT2D eigenvalue weighted by Gasteiger charge is 2.21. The van der Waals surface area contributed by atoms with Crippen molar-refractivity contribution in [3.63, 3.8) is 0 Å². The average Bonchev–Trinajstić information content (AvgIpc) is 2.87. The van der Waals surface area contributed by atoms with Gasteiger partial charge in [0.1, 0.15) is 0 Å². The maximum Gasteiger partial charge on any atom is 0.243 e. The van der Waals surface area contributed by atoms with Gasteiger partial charge in [0.05, 0.1) is 6.04 Å². The molecule has 1 atom stereocenters. The van der Waals surface area contributed by atoms with Gasteiger partial charge in [0.2, 0.25) is 5.89 Å². The lowest BCUT2D eigenvalue weighted by atomic mass is 10.2. The highest BCUT2D eigenvalue weighted by Crippen LogP contribution is 2.21. The van der Waals surface area contributed by atoms with Crippen LogP contribution in [0.3, 0.4) is 0 Å². The van der Waals surface area contributed by atoms with Crippen molar-refractivity contribution in [1.82, 2.24) is 15.5 Å². The SMILES string of the molecule is COCCCc1noc([C@H]2CCCN2)n1. The molecule has 0 aliphatic carbocycles. The quantitative estimate of drug-likeness (QED) is 0.738. The molecule has 15 heavy (non-hydrogen) atoms. The molecule has 2 rings (SSSR count). The predicted molar refractivity (Wildman–Crippen MR) is 54.5 cm³/mol. The fraction of sp³-hybridized carbons (Fsp3) is 0.800. The van der Waals surface area contributed by atoms with Crippen LogP contribution in [0.1, 0.15) is 37.0 Å². The largest absolute Gasteiger partial charge is 0.385 e. The molecule has 5 heteroatoms. The second-order valence-corrected chi connectivity index (χ2v) is 3.79. The topological polar surface area (TPSA) is 60.2 Å². The monoisotopic (exact) mass is 211 g/mol. The summed E-state index contributed by atoms with van der Waals surface area (Å²) in [5.41, 5.74) is 0. The molecule has 0 unspecified atom stereocenters. The Morgan fingerprint density at radius 2 is 2.53 bits per heavy atom. The normalized spacial score (nSPS) is 21.0. The molecule has 1 N–H and O–H groups in total. The van der Waals surface area contributed by atoms with Crippen LogP contribution in [0.15, 0.2) is 4.52 Å². The second-order valence-electron chi connectivity index (χ2n) is 3.79. The summed E-state index contributed by atoms with van der Waals surface area (Å²) in [7, 11) is 1.70. The van der Waals surface area contributed by atoms with Crippen molar-refractivity contribution in [3.8, 4) is 0 Å². The van der Waals surface area contributed by atoms with Gasteiger partial charge in [-0.1, -0.05) is 5.16 Å². The van der Waals surface area contributed by atoms with Crippen LogP contribution in [0.5, 0.6) is 0 Å². The van der Waals surface area contributed by atoms with E-state index in [0.717, 1.165) is 44.1 Å². The van der Waals surface area contributed by atoms with E-state index in [4.69, 9.17) is 9.26 Å². The van der Waals surface area contributed by atoms with Crippen molar-refractivity contribution in [2.24, 2.45) is 0 Å². The molecule has 0 amide bonds. The molecular formula is C10H17N3O2. The Bertz CT molecular complexity index is 295. The number of ether oxygens (including phenoxy) is 1. The lowest BCUT2D eigenvalue weighted by Gasteiger charge is -2.01. The third-order valence-corrected chi connectivity index (χ3v) is 2.59. The smallest absolute Gasteiger partial charge is 0.243 e. The number of aryl methyl sites for hydroxylation is 1. The Morgan fingerprint density at radius 1 is 1.60 bits per heavy atom. The number of nitrogens with zero attached hydrogens (tertiary/aromatic N) is 2. The van der Waals surface area contributed by atoms with Crippen LogP contribution in [0.4, 0.5) is 0 Å². The molecule has 5 nitrogen and oxygen atoms in total. The molecular weight excluding hydrogens is 194 g/mol. The third-order valence-electron chi connectivity index (χ3n) is 2.59. The molecule has 1 aromatic heterocycles. The first kappa shape index (κ1) is 10.6. The van der Waals surface area contributed by atoms with Gasteiger partial charge in [-0.05, 0) is 25.8 Å². The predicted octanol–water partition coefficient (Wildman–Crippen LogP) is 1.07. The first-order valence-corrected chi connectivity index (χ1v) is 5.45. The lowest BCUT2D eigenvalue weighted by Crippen LogP contribution is -2.13. The summed E-state index contributed by atoms with van der Waals surface area (Å²) in [5, 5.41) is 7.28. The van der Waals surface area contributed by atoms with E-state index in [1.54, 1.807) is 7.11 Å². The molecule has 1 aliphatic heterocycles. The van der Waals surface area contributed by atoms with E-state index in [2.05, 4.69) is 15.5 Å². The van der Waals surface area contributed by atoms with Crippen molar-refractivity contribution < 1.29 is 9.26 Å². The van der Waals surface area contributed by atoms with Crippen LogP contribution in [0.25, 0.3) is 0 Å². The van der Waals surface area contributed by atoms with Crippen LogP contribution < -0.4 is 5.32 Å². The highest BCUT2D eigenvalue weighted by molar-refractivity contribution is 4.95. The van der Waals surface area contributed by atoms with Gasteiger partial charge in [-0.2, -0.15) is 4.98 Å². The van der Waals surface area contributed by atoms with Gasteiger partial charge in [-0.25, -0.2) is 0 Å². The number of hydrogen-bond donors (Lipinski definition) is 1. The fourth-order valence-electron chi connectivity index (χ4n) is 1.78. The van der Waals surface area contributed by atoms with Gasteiger partial charge in [0.25, 0.3) is 0 Å². The van der Waals surface area contributed by atoms with Gasteiger partial charge in [0, 0.05) is 20.1 Å². The standard InChI is InChI=1S/C10H17N3O2/c1-14-7-3-5-9-12-10(15-13-9)8-4-2-6-11-8/h8,11H,2-7H2,1H3/t8-/m1/s1. The Labute approximate surface area is 89.2 Å². The zero-order valence-electron chi connectivity index (χ0n) is 9.03. The number of aromatic nitrogens is 2. The van der Waals surface area contributed by atoms with Gasteiger partial charge in [0.15, 0.2) is 5.82 Å². The summed E-state index contributed by atoms with van der Waals surface area (Å²) >= 11 is 0. The molecule has 1 saturated heterocycles. The van der Waals surface area contributed by atoms with Crippen LogP contribution in [-0.2, 0) is 11.2 Å². The maximum atomic E-state index is 5.21. The van der Waals surface area contributed by atoms with Gasteiger partial charge < -0.3 is 14.6 Å². The summed E-state index contributed by atoms with van der Waals surface area (Å²) in [5.74, 6) is 1.52.